The van der Waals surface area contributed by atoms with Crippen molar-refractivity contribution >= 4 is 33.0 Å². The van der Waals surface area contributed by atoms with Gasteiger partial charge in [-0.2, -0.15) is 13.2 Å². The van der Waals surface area contributed by atoms with Crippen molar-refractivity contribution in [3.8, 4) is 0 Å². The van der Waals surface area contributed by atoms with E-state index in [1.807, 2.05) is 0 Å². The number of halogens is 4. The number of sulfone groups is 1. The summed E-state index contributed by atoms with van der Waals surface area (Å²) in [5.74, 6) is -1.84. The summed E-state index contributed by atoms with van der Waals surface area (Å²) in [6.45, 7) is 0. The van der Waals surface area contributed by atoms with E-state index in [0.29, 0.717) is 5.02 Å². The van der Waals surface area contributed by atoms with Crippen molar-refractivity contribution in [1.82, 2.24) is 0 Å². The smallest absolute Gasteiger partial charge is 0.325 e. The Morgan fingerprint density at radius 3 is 2.29 bits per heavy atom. The van der Waals surface area contributed by atoms with Crippen LogP contribution in [-0.4, -0.2) is 20.1 Å². The molecule has 0 spiro atoms. The van der Waals surface area contributed by atoms with Gasteiger partial charge in [0.1, 0.15) is 5.75 Å². The van der Waals surface area contributed by atoms with Gasteiger partial charge in [0.25, 0.3) is 0 Å². The largest absolute Gasteiger partial charge is 0.416 e. The lowest BCUT2D eigenvalue weighted by Gasteiger charge is -2.10. The van der Waals surface area contributed by atoms with E-state index in [9.17, 15) is 26.4 Å². The maximum atomic E-state index is 12.6. The minimum Gasteiger partial charge on any atom is -0.325 e. The third-order valence-corrected chi connectivity index (χ3v) is 4.85. The molecular weight excluding hydrogens is 367 g/mol. The average molecular weight is 378 g/mol. The molecule has 24 heavy (non-hydrogen) atoms. The van der Waals surface area contributed by atoms with E-state index in [1.54, 1.807) is 0 Å². The van der Waals surface area contributed by atoms with Crippen LogP contribution in [0.2, 0.25) is 5.02 Å². The van der Waals surface area contributed by atoms with Crippen molar-refractivity contribution in [3.63, 3.8) is 0 Å². The first-order valence-electron chi connectivity index (χ1n) is 6.53. The lowest BCUT2D eigenvalue weighted by atomic mass is 10.2. The summed E-state index contributed by atoms with van der Waals surface area (Å²) in [7, 11) is -3.93. The number of benzene rings is 2. The highest BCUT2D eigenvalue weighted by molar-refractivity contribution is 7.92. The van der Waals surface area contributed by atoms with Gasteiger partial charge < -0.3 is 5.32 Å². The molecule has 0 aliphatic rings. The zero-order valence-corrected chi connectivity index (χ0v) is 13.5. The van der Waals surface area contributed by atoms with E-state index >= 15 is 0 Å². The molecule has 0 bridgehead atoms. The number of hydrogen-bond acceptors (Lipinski definition) is 3. The summed E-state index contributed by atoms with van der Waals surface area (Å²) >= 11 is 5.66. The van der Waals surface area contributed by atoms with Gasteiger partial charge in [-0.25, -0.2) is 8.42 Å². The minimum atomic E-state index is -4.56. The van der Waals surface area contributed by atoms with Gasteiger partial charge in [0, 0.05) is 10.7 Å². The Morgan fingerprint density at radius 1 is 1.08 bits per heavy atom. The first kappa shape index (κ1) is 18.3. The molecular formula is C15H11ClF3NO3S. The number of amides is 1. The lowest BCUT2D eigenvalue weighted by Crippen LogP contribution is -2.23. The average Bonchev–Trinajstić information content (AvgIpc) is 2.46. The number of anilines is 1. The zero-order valence-electron chi connectivity index (χ0n) is 12.0. The van der Waals surface area contributed by atoms with E-state index < -0.39 is 33.2 Å². The van der Waals surface area contributed by atoms with Crippen molar-refractivity contribution in [2.24, 2.45) is 0 Å². The second-order valence-electron chi connectivity index (χ2n) is 4.84. The first-order chi connectivity index (χ1) is 11.1. The standard InChI is InChI=1S/C15H11ClF3NO3S/c16-11-4-6-13(7-5-11)24(22,23)9-14(21)20-12-3-1-2-10(8-12)15(17,18)19/h1-8H,9H2,(H,20,21). The highest BCUT2D eigenvalue weighted by Crippen LogP contribution is 2.30. The number of carbonyl (C=O) groups is 1. The molecule has 0 heterocycles. The van der Waals surface area contributed by atoms with Crippen LogP contribution in [0, 0.1) is 0 Å². The zero-order chi connectivity index (χ0) is 18.0. The van der Waals surface area contributed by atoms with Crippen LogP contribution < -0.4 is 5.32 Å². The minimum absolute atomic E-state index is 0.105. The molecule has 128 valence electrons. The summed E-state index contributed by atoms with van der Waals surface area (Å²) in [5.41, 5.74) is -1.08. The normalized spacial score (nSPS) is 12.0. The fourth-order valence-corrected chi connectivity index (χ4v) is 3.13. The van der Waals surface area contributed by atoms with Crippen LogP contribution in [0.3, 0.4) is 0 Å². The highest BCUT2D eigenvalue weighted by Gasteiger charge is 2.30. The Kier molecular flexibility index (Phi) is 5.19. The fraction of sp³-hybridized carbons (Fsp3) is 0.133. The molecule has 0 saturated heterocycles. The monoisotopic (exact) mass is 377 g/mol. The van der Waals surface area contributed by atoms with Gasteiger partial charge in [0.2, 0.25) is 5.91 Å². The number of alkyl halides is 3. The molecule has 0 atom stereocenters. The maximum absolute atomic E-state index is 12.6. The molecule has 2 aromatic rings. The van der Waals surface area contributed by atoms with Crippen LogP contribution in [0.1, 0.15) is 5.56 Å². The summed E-state index contributed by atoms with van der Waals surface area (Å²) < 4.78 is 62.0. The van der Waals surface area contributed by atoms with Crippen LogP contribution in [-0.2, 0) is 20.8 Å². The van der Waals surface area contributed by atoms with Crippen LogP contribution in [0.4, 0.5) is 18.9 Å². The molecule has 0 fully saturated rings. The van der Waals surface area contributed by atoms with Crippen LogP contribution in [0.15, 0.2) is 53.4 Å². The highest BCUT2D eigenvalue weighted by atomic mass is 35.5. The summed E-state index contributed by atoms with van der Waals surface area (Å²) in [6, 6.07) is 9.14. The van der Waals surface area contributed by atoms with Crippen molar-refractivity contribution < 1.29 is 26.4 Å². The molecule has 0 unspecified atom stereocenters. The predicted octanol–water partition coefficient (Wildman–Crippen LogP) is 3.77. The lowest BCUT2D eigenvalue weighted by molar-refractivity contribution is -0.137. The molecule has 0 saturated carbocycles. The third kappa shape index (κ3) is 4.72. The number of nitrogens with one attached hydrogen (secondary N) is 1. The van der Waals surface area contributed by atoms with Gasteiger partial charge in [-0.15, -0.1) is 0 Å². The van der Waals surface area contributed by atoms with E-state index in [4.69, 9.17) is 11.6 Å². The molecule has 2 rings (SSSR count). The van der Waals surface area contributed by atoms with Crippen LogP contribution in [0.25, 0.3) is 0 Å². The predicted molar refractivity (Wildman–Crippen MR) is 83.6 cm³/mol. The van der Waals surface area contributed by atoms with Crippen molar-refractivity contribution in [1.29, 1.82) is 0 Å². The van der Waals surface area contributed by atoms with E-state index in [1.165, 1.54) is 30.3 Å². The molecule has 0 aliphatic carbocycles. The third-order valence-electron chi connectivity index (χ3n) is 2.97. The SMILES string of the molecule is O=C(CS(=O)(=O)c1ccc(Cl)cc1)Nc1cccc(C(F)(F)F)c1. The summed E-state index contributed by atoms with van der Waals surface area (Å²) in [6.07, 6.45) is -4.56. The summed E-state index contributed by atoms with van der Waals surface area (Å²) in [4.78, 5) is 11.7. The van der Waals surface area contributed by atoms with Gasteiger partial charge in [-0.05, 0) is 42.5 Å². The number of hydrogen-bond donors (Lipinski definition) is 1. The molecule has 0 aliphatic heterocycles. The molecule has 1 N–H and O–H groups in total. The van der Waals surface area contributed by atoms with Gasteiger partial charge >= 0.3 is 6.18 Å². The fourth-order valence-electron chi connectivity index (χ4n) is 1.87. The second kappa shape index (κ2) is 6.82. The van der Waals surface area contributed by atoms with Gasteiger partial charge in [0.15, 0.2) is 9.84 Å². The quantitative estimate of drug-likeness (QED) is 0.882. The number of carbonyl (C=O) groups excluding carboxylic acids is 1. The van der Waals surface area contributed by atoms with Crippen molar-refractivity contribution in [2.45, 2.75) is 11.1 Å². The Labute approximate surface area is 141 Å². The topological polar surface area (TPSA) is 63.2 Å². The summed E-state index contributed by atoms with van der Waals surface area (Å²) in [5, 5.41) is 2.48. The van der Waals surface area contributed by atoms with Crippen molar-refractivity contribution in [2.75, 3.05) is 11.1 Å². The number of rotatable bonds is 4. The Balaban J connectivity index is 2.12. The van der Waals surface area contributed by atoms with Gasteiger partial charge in [-0.3, -0.25) is 4.79 Å². The molecule has 0 radical (unpaired) electrons. The maximum Gasteiger partial charge on any atom is 0.416 e. The molecule has 0 aromatic heterocycles. The molecule has 4 nitrogen and oxygen atoms in total. The Bertz CT molecular complexity index is 849. The van der Waals surface area contributed by atoms with E-state index in [2.05, 4.69) is 5.32 Å². The van der Waals surface area contributed by atoms with Gasteiger partial charge in [0.05, 0.1) is 10.5 Å². The van der Waals surface area contributed by atoms with Crippen LogP contribution in [0.5, 0.6) is 0 Å². The van der Waals surface area contributed by atoms with E-state index in [0.717, 1.165) is 18.2 Å². The van der Waals surface area contributed by atoms with Crippen LogP contribution >= 0.6 is 11.6 Å². The van der Waals surface area contributed by atoms with Gasteiger partial charge in [-0.1, -0.05) is 17.7 Å². The van der Waals surface area contributed by atoms with Crippen molar-refractivity contribution in [3.05, 3.63) is 59.1 Å². The Hall–Kier alpha value is -2.06. The molecule has 1 amide bonds. The molecule has 2 aromatic carbocycles. The van der Waals surface area contributed by atoms with E-state index in [-0.39, 0.29) is 10.6 Å². The Morgan fingerprint density at radius 2 is 1.71 bits per heavy atom. The first-order valence-corrected chi connectivity index (χ1v) is 8.56. The molecule has 9 heteroatoms. The second-order valence-corrected chi connectivity index (χ2v) is 7.27.